The summed E-state index contributed by atoms with van der Waals surface area (Å²) in [7, 11) is 0.704. The highest BCUT2D eigenvalue weighted by Crippen LogP contribution is 2.40. The number of hydrogen-bond donors (Lipinski definition) is 1. The van der Waals surface area contributed by atoms with Gasteiger partial charge in [0, 0.05) is 21.1 Å². The highest BCUT2D eigenvalue weighted by molar-refractivity contribution is 6.74. The summed E-state index contributed by atoms with van der Waals surface area (Å²) in [5.41, 5.74) is 0. The Morgan fingerprint density at radius 2 is 1.64 bits per heavy atom. The van der Waals surface area contributed by atoms with Gasteiger partial charge in [0.25, 0.3) is 5.79 Å². The SMILES string of the molecule is CO[C@]1(C)OC(=O)[C@H]([C@@H](O)[C@H](C)O[Si](C)(C)C(C)(C)C)O[C@@]1(C)OC. The molecule has 7 nitrogen and oxygen atoms in total. The van der Waals surface area contributed by atoms with Crippen molar-refractivity contribution in [3.8, 4) is 0 Å². The van der Waals surface area contributed by atoms with Crippen LogP contribution in [0.5, 0.6) is 0 Å². The predicted octanol–water partition coefficient (Wildman–Crippen LogP) is 2.42. The van der Waals surface area contributed by atoms with E-state index in [1.165, 1.54) is 14.2 Å². The van der Waals surface area contributed by atoms with Gasteiger partial charge in [-0.3, -0.25) is 0 Å². The molecule has 0 aromatic heterocycles. The summed E-state index contributed by atoms with van der Waals surface area (Å²) in [6.07, 6.45) is -3.03. The van der Waals surface area contributed by atoms with Gasteiger partial charge in [-0.15, -0.1) is 0 Å². The third-order valence-corrected chi connectivity index (χ3v) is 10.1. The van der Waals surface area contributed by atoms with Gasteiger partial charge < -0.3 is 28.5 Å². The van der Waals surface area contributed by atoms with Gasteiger partial charge in [-0.2, -0.15) is 0 Å². The molecule has 5 atom stereocenters. The molecule has 1 saturated heterocycles. The van der Waals surface area contributed by atoms with Crippen LogP contribution in [0.1, 0.15) is 41.5 Å². The Hall–Kier alpha value is -0.513. The molecule has 25 heavy (non-hydrogen) atoms. The number of ether oxygens (including phenoxy) is 4. The minimum absolute atomic E-state index is 0.0232. The van der Waals surface area contributed by atoms with Crippen molar-refractivity contribution in [1.82, 2.24) is 0 Å². The van der Waals surface area contributed by atoms with Crippen LogP contribution in [0, 0.1) is 0 Å². The molecule has 0 aliphatic carbocycles. The molecule has 148 valence electrons. The number of aliphatic hydroxyl groups is 1. The molecule has 0 saturated carbocycles. The highest BCUT2D eigenvalue weighted by Gasteiger charge is 2.59. The number of carbonyl (C=O) groups is 1. The van der Waals surface area contributed by atoms with E-state index in [0.717, 1.165) is 0 Å². The Balaban J connectivity index is 2.98. The Kier molecular flexibility index (Phi) is 6.53. The van der Waals surface area contributed by atoms with Crippen LogP contribution in [-0.2, 0) is 28.2 Å². The Labute approximate surface area is 152 Å². The molecule has 0 unspecified atom stereocenters. The fourth-order valence-electron chi connectivity index (χ4n) is 2.37. The van der Waals surface area contributed by atoms with Crippen LogP contribution in [0.15, 0.2) is 0 Å². The number of carbonyl (C=O) groups excluding carboxylic acids is 1. The largest absolute Gasteiger partial charge is 0.425 e. The summed E-state index contributed by atoms with van der Waals surface area (Å²) in [5, 5.41) is 10.7. The fourth-order valence-corrected chi connectivity index (χ4v) is 3.79. The van der Waals surface area contributed by atoms with Gasteiger partial charge in [0.15, 0.2) is 14.4 Å². The van der Waals surface area contributed by atoms with Gasteiger partial charge in [-0.05, 0) is 32.0 Å². The van der Waals surface area contributed by atoms with E-state index in [2.05, 4.69) is 33.9 Å². The molecule has 1 heterocycles. The van der Waals surface area contributed by atoms with Crippen LogP contribution < -0.4 is 0 Å². The van der Waals surface area contributed by atoms with Crippen molar-refractivity contribution in [2.75, 3.05) is 14.2 Å². The smallest absolute Gasteiger partial charge is 0.340 e. The lowest BCUT2D eigenvalue weighted by atomic mass is 10.0. The number of cyclic esters (lactones) is 1. The molecule has 1 rings (SSSR count). The summed E-state index contributed by atoms with van der Waals surface area (Å²) < 4.78 is 28.0. The van der Waals surface area contributed by atoms with Gasteiger partial charge in [0.2, 0.25) is 5.79 Å². The van der Waals surface area contributed by atoms with E-state index < -0.39 is 44.2 Å². The van der Waals surface area contributed by atoms with Gasteiger partial charge in [0.1, 0.15) is 6.10 Å². The molecule has 0 aromatic carbocycles. The van der Waals surface area contributed by atoms with Crippen molar-refractivity contribution in [3.05, 3.63) is 0 Å². The van der Waals surface area contributed by atoms with Gasteiger partial charge in [-0.1, -0.05) is 20.8 Å². The van der Waals surface area contributed by atoms with Gasteiger partial charge in [-0.25, -0.2) is 4.79 Å². The molecule has 1 fully saturated rings. The predicted molar refractivity (Wildman–Crippen MR) is 95.5 cm³/mol. The van der Waals surface area contributed by atoms with E-state index in [4.69, 9.17) is 23.4 Å². The molecular formula is C17H34O7Si. The topological polar surface area (TPSA) is 83.5 Å². The number of aliphatic hydroxyl groups excluding tert-OH is 1. The first-order chi connectivity index (χ1) is 11.1. The lowest BCUT2D eigenvalue weighted by Gasteiger charge is -2.49. The standard InChI is InChI=1S/C17H34O7Si/c1-11(24-25(9,10)15(2,3)4)12(18)13-14(19)23-17(6,21-8)16(5,20-7)22-13/h11-13,18H,1-10H3/t11-,12-,13-,16+,17+/m0/s1. The minimum Gasteiger partial charge on any atom is -0.425 e. The van der Waals surface area contributed by atoms with Crippen LogP contribution in [0.3, 0.4) is 0 Å². The number of hydrogen-bond acceptors (Lipinski definition) is 7. The zero-order chi connectivity index (χ0) is 19.8. The summed E-state index contributed by atoms with van der Waals surface area (Å²) in [4.78, 5) is 12.4. The van der Waals surface area contributed by atoms with Crippen molar-refractivity contribution in [2.24, 2.45) is 0 Å². The van der Waals surface area contributed by atoms with Gasteiger partial charge in [0.05, 0.1) is 6.10 Å². The second-order valence-corrected chi connectivity index (χ2v) is 13.1. The van der Waals surface area contributed by atoms with Crippen molar-refractivity contribution in [3.63, 3.8) is 0 Å². The normalized spacial score (nSPS) is 33.7. The number of esters is 1. The molecule has 0 aromatic rings. The van der Waals surface area contributed by atoms with E-state index in [9.17, 15) is 9.90 Å². The third-order valence-electron chi connectivity index (χ3n) is 5.56. The van der Waals surface area contributed by atoms with Crippen LogP contribution in [-0.4, -0.2) is 63.5 Å². The summed E-state index contributed by atoms with van der Waals surface area (Å²) in [6, 6.07) is 0. The monoisotopic (exact) mass is 378 g/mol. The van der Waals surface area contributed by atoms with Crippen molar-refractivity contribution >= 4 is 14.3 Å². The molecule has 1 N–H and O–H groups in total. The maximum Gasteiger partial charge on any atom is 0.340 e. The molecule has 0 spiro atoms. The molecule has 0 bridgehead atoms. The van der Waals surface area contributed by atoms with Crippen LogP contribution in [0.2, 0.25) is 18.1 Å². The fraction of sp³-hybridized carbons (Fsp3) is 0.941. The van der Waals surface area contributed by atoms with E-state index in [0.29, 0.717) is 0 Å². The summed E-state index contributed by atoms with van der Waals surface area (Å²) >= 11 is 0. The van der Waals surface area contributed by atoms with Crippen LogP contribution in [0.25, 0.3) is 0 Å². The zero-order valence-corrected chi connectivity index (χ0v) is 18.1. The van der Waals surface area contributed by atoms with E-state index in [1.54, 1.807) is 20.8 Å². The molecule has 0 radical (unpaired) electrons. The van der Waals surface area contributed by atoms with Crippen LogP contribution >= 0.6 is 0 Å². The molecule has 8 heteroatoms. The Bertz CT molecular complexity index is 490. The summed E-state index contributed by atoms with van der Waals surface area (Å²) in [5.74, 6) is -3.49. The molecule has 1 aliphatic rings. The molecular weight excluding hydrogens is 344 g/mol. The molecule has 1 aliphatic heterocycles. The second-order valence-electron chi connectivity index (χ2n) is 8.33. The Morgan fingerprint density at radius 3 is 2.04 bits per heavy atom. The average Bonchev–Trinajstić information content (AvgIpc) is 2.48. The lowest BCUT2D eigenvalue weighted by molar-refractivity contribution is -0.411. The first-order valence-corrected chi connectivity index (χ1v) is 11.4. The average molecular weight is 379 g/mol. The van der Waals surface area contributed by atoms with E-state index >= 15 is 0 Å². The van der Waals surface area contributed by atoms with Crippen molar-refractivity contribution in [2.45, 2.75) is 89.6 Å². The third kappa shape index (κ3) is 4.25. The molecule has 0 amide bonds. The second kappa shape index (κ2) is 7.25. The maximum atomic E-state index is 12.4. The highest BCUT2D eigenvalue weighted by atomic mass is 28.4. The number of rotatable bonds is 6. The van der Waals surface area contributed by atoms with Crippen molar-refractivity contribution < 1.29 is 33.3 Å². The van der Waals surface area contributed by atoms with E-state index in [-0.39, 0.29) is 5.04 Å². The first kappa shape index (κ1) is 22.5. The van der Waals surface area contributed by atoms with Gasteiger partial charge >= 0.3 is 5.97 Å². The maximum absolute atomic E-state index is 12.4. The van der Waals surface area contributed by atoms with Crippen LogP contribution in [0.4, 0.5) is 0 Å². The minimum atomic E-state index is -2.12. The Morgan fingerprint density at radius 1 is 1.16 bits per heavy atom. The zero-order valence-electron chi connectivity index (χ0n) is 17.1. The lowest BCUT2D eigenvalue weighted by Crippen LogP contribution is -2.67. The quantitative estimate of drug-likeness (QED) is 0.561. The number of methoxy groups -OCH3 is 2. The first-order valence-electron chi connectivity index (χ1n) is 8.51. The van der Waals surface area contributed by atoms with E-state index in [1.807, 2.05) is 0 Å². The summed E-state index contributed by atoms with van der Waals surface area (Å²) in [6.45, 7) is 15.4. The van der Waals surface area contributed by atoms with Crippen molar-refractivity contribution in [1.29, 1.82) is 0 Å².